The third kappa shape index (κ3) is 2.28. The molecule has 0 aliphatic heterocycles. The van der Waals surface area contributed by atoms with Gasteiger partial charge in [0.2, 0.25) is 0 Å². The molecule has 0 spiro atoms. The predicted molar refractivity (Wildman–Crippen MR) is 66.2 cm³/mol. The summed E-state index contributed by atoms with van der Waals surface area (Å²) in [5.74, 6) is 0. The van der Waals surface area contributed by atoms with Crippen LogP contribution in [0.4, 0.5) is 0 Å². The molecule has 0 saturated carbocycles. The minimum atomic E-state index is 0.0240. The smallest absolute Gasteiger partial charge is 0.0645 e. The van der Waals surface area contributed by atoms with Gasteiger partial charge in [0.1, 0.15) is 0 Å². The van der Waals surface area contributed by atoms with Gasteiger partial charge in [-0.2, -0.15) is 0 Å². The van der Waals surface area contributed by atoms with Crippen LogP contribution >= 0.6 is 11.3 Å². The first-order valence-corrected chi connectivity index (χ1v) is 6.07. The molecular weight excluding hydrogens is 202 g/mol. The maximum absolute atomic E-state index is 6.16. The highest BCUT2D eigenvalue weighted by molar-refractivity contribution is 7.10. The molecule has 0 aliphatic rings. The number of hydrogen-bond acceptors (Lipinski definition) is 2. The van der Waals surface area contributed by atoms with E-state index in [1.165, 1.54) is 16.0 Å². The Morgan fingerprint density at radius 2 is 1.93 bits per heavy atom. The number of thiophene rings is 1. The van der Waals surface area contributed by atoms with Crippen molar-refractivity contribution in [2.24, 2.45) is 5.73 Å². The van der Waals surface area contributed by atoms with E-state index in [2.05, 4.69) is 42.6 Å². The summed E-state index contributed by atoms with van der Waals surface area (Å²) < 4.78 is 0. The highest BCUT2D eigenvalue weighted by Gasteiger charge is 2.08. The van der Waals surface area contributed by atoms with Crippen molar-refractivity contribution in [2.45, 2.75) is 19.4 Å². The predicted octanol–water partition coefficient (Wildman–Crippen LogP) is 3.36. The van der Waals surface area contributed by atoms with Crippen LogP contribution in [-0.2, 0) is 6.42 Å². The van der Waals surface area contributed by atoms with Crippen LogP contribution in [-0.4, -0.2) is 0 Å². The lowest BCUT2D eigenvalue weighted by Gasteiger charge is -2.10. The van der Waals surface area contributed by atoms with Crippen molar-refractivity contribution in [1.82, 2.24) is 0 Å². The van der Waals surface area contributed by atoms with Crippen LogP contribution in [0.1, 0.15) is 29.0 Å². The molecule has 78 valence electrons. The van der Waals surface area contributed by atoms with E-state index in [0.29, 0.717) is 0 Å². The molecule has 2 N–H and O–H groups in total. The molecule has 1 heterocycles. The summed E-state index contributed by atoms with van der Waals surface area (Å²) in [5, 5.41) is 2.07. The molecule has 0 amide bonds. The van der Waals surface area contributed by atoms with E-state index in [1.807, 2.05) is 6.07 Å². The van der Waals surface area contributed by atoms with Crippen molar-refractivity contribution in [3.05, 3.63) is 57.8 Å². The molecule has 2 rings (SSSR count). The van der Waals surface area contributed by atoms with Crippen LogP contribution in [0.3, 0.4) is 0 Å². The lowest BCUT2D eigenvalue weighted by atomic mass is 10.0. The highest BCUT2D eigenvalue weighted by Crippen LogP contribution is 2.23. The van der Waals surface area contributed by atoms with Crippen molar-refractivity contribution < 1.29 is 0 Å². The minimum Gasteiger partial charge on any atom is -0.320 e. The lowest BCUT2D eigenvalue weighted by Crippen LogP contribution is -2.09. The maximum Gasteiger partial charge on any atom is 0.0645 e. The second kappa shape index (κ2) is 4.60. The summed E-state index contributed by atoms with van der Waals surface area (Å²) in [7, 11) is 0. The summed E-state index contributed by atoms with van der Waals surface area (Å²) in [5.41, 5.74) is 8.71. The zero-order chi connectivity index (χ0) is 10.7. The first-order chi connectivity index (χ1) is 7.31. The number of rotatable bonds is 3. The molecule has 1 atom stereocenters. The first-order valence-electron chi connectivity index (χ1n) is 5.19. The molecule has 15 heavy (non-hydrogen) atoms. The third-order valence-corrected chi connectivity index (χ3v) is 3.55. The number of benzene rings is 1. The Hall–Kier alpha value is -1.12. The van der Waals surface area contributed by atoms with Crippen molar-refractivity contribution in [2.75, 3.05) is 0 Å². The van der Waals surface area contributed by atoms with E-state index in [4.69, 9.17) is 5.73 Å². The molecule has 0 saturated heterocycles. The Balaban J connectivity index is 2.22. The van der Waals surface area contributed by atoms with Crippen molar-refractivity contribution in [1.29, 1.82) is 0 Å². The number of hydrogen-bond donors (Lipinski definition) is 1. The Labute approximate surface area is 94.6 Å². The van der Waals surface area contributed by atoms with Crippen LogP contribution in [0, 0.1) is 0 Å². The average molecular weight is 217 g/mol. The van der Waals surface area contributed by atoms with Gasteiger partial charge in [0.15, 0.2) is 0 Å². The van der Waals surface area contributed by atoms with Gasteiger partial charge >= 0.3 is 0 Å². The first kappa shape index (κ1) is 10.4. The summed E-state index contributed by atoms with van der Waals surface area (Å²) in [6, 6.07) is 12.7. The van der Waals surface area contributed by atoms with Gasteiger partial charge in [0.25, 0.3) is 0 Å². The van der Waals surface area contributed by atoms with Crippen molar-refractivity contribution in [3.8, 4) is 0 Å². The molecule has 2 heteroatoms. The van der Waals surface area contributed by atoms with Gasteiger partial charge < -0.3 is 5.73 Å². The van der Waals surface area contributed by atoms with Gasteiger partial charge in [-0.3, -0.25) is 0 Å². The van der Waals surface area contributed by atoms with Crippen LogP contribution in [0.15, 0.2) is 41.8 Å². The molecule has 0 bridgehead atoms. The summed E-state index contributed by atoms with van der Waals surface area (Å²) in [6.07, 6.45) is 1.08. The van der Waals surface area contributed by atoms with E-state index >= 15 is 0 Å². The topological polar surface area (TPSA) is 26.0 Å². The molecular formula is C13H15NS. The SMILES string of the molecule is CCc1ccc([C@@H](N)c2cccs2)cc1. The largest absolute Gasteiger partial charge is 0.320 e. The van der Waals surface area contributed by atoms with Crippen molar-refractivity contribution >= 4 is 11.3 Å². The average Bonchev–Trinajstić information content (AvgIpc) is 2.82. The molecule has 0 unspecified atom stereocenters. The molecule has 1 aromatic carbocycles. The van der Waals surface area contributed by atoms with Gasteiger partial charge in [-0.15, -0.1) is 11.3 Å². The summed E-state index contributed by atoms with van der Waals surface area (Å²) in [6.45, 7) is 2.16. The normalized spacial score (nSPS) is 12.7. The zero-order valence-corrected chi connectivity index (χ0v) is 9.63. The van der Waals surface area contributed by atoms with E-state index in [0.717, 1.165) is 6.42 Å². The molecule has 2 aromatic rings. The fourth-order valence-electron chi connectivity index (χ4n) is 1.59. The monoisotopic (exact) mass is 217 g/mol. The van der Waals surface area contributed by atoms with Gasteiger partial charge in [0, 0.05) is 4.88 Å². The minimum absolute atomic E-state index is 0.0240. The number of aryl methyl sites for hydroxylation is 1. The summed E-state index contributed by atoms with van der Waals surface area (Å²) >= 11 is 1.71. The van der Waals surface area contributed by atoms with E-state index in [9.17, 15) is 0 Å². The Morgan fingerprint density at radius 1 is 1.20 bits per heavy atom. The maximum atomic E-state index is 6.16. The van der Waals surface area contributed by atoms with Gasteiger partial charge in [-0.25, -0.2) is 0 Å². The van der Waals surface area contributed by atoms with Crippen LogP contribution in [0.5, 0.6) is 0 Å². The second-order valence-corrected chi connectivity index (χ2v) is 4.57. The van der Waals surface area contributed by atoms with Crippen LogP contribution < -0.4 is 5.73 Å². The third-order valence-electron chi connectivity index (χ3n) is 2.60. The Bertz CT molecular complexity index is 403. The van der Waals surface area contributed by atoms with E-state index in [1.54, 1.807) is 11.3 Å². The molecule has 0 radical (unpaired) electrons. The zero-order valence-electron chi connectivity index (χ0n) is 8.81. The molecule has 1 aromatic heterocycles. The standard InChI is InChI=1S/C13H15NS/c1-2-10-5-7-11(8-6-10)13(14)12-4-3-9-15-12/h3-9,13H,2,14H2,1H3/t13-/m1/s1. The van der Waals surface area contributed by atoms with Gasteiger partial charge in [-0.05, 0) is 29.0 Å². The van der Waals surface area contributed by atoms with Gasteiger partial charge in [0.05, 0.1) is 6.04 Å². The fourth-order valence-corrected chi connectivity index (χ4v) is 2.35. The van der Waals surface area contributed by atoms with Crippen LogP contribution in [0.25, 0.3) is 0 Å². The molecule has 1 nitrogen and oxygen atoms in total. The van der Waals surface area contributed by atoms with E-state index in [-0.39, 0.29) is 6.04 Å². The quantitative estimate of drug-likeness (QED) is 0.838. The molecule has 0 aliphatic carbocycles. The van der Waals surface area contributed by atoms with E-state index < -0.39 is 0 Å². The number of nitrogens with two attached hydrogens (primary N) is 1. The fraction of sp³-hybridized carbons (Fsp3) is 0.231. The highest BCUT2D eigenvalue weighted by atomic mass is 32.1. The second-order valence-electron chi connectivity index (χ2n) is 3.59. The molecule has 0 fully saturated rings. The Morgan fingerprint density at radius 3 is 2.47 bits per heavy atom. The summed E-state index contributed by atoms with van der Waals surface area (Å²) in [4.78, 5) is 1.22. The van der Waals surface area contributed by atoms with Gasteiger partial charge in [-0.1, -0.05) is 37.3 Å². The lowest BCUT2D eigenvalue weighted by molar-refractivity contribution is 0.891. The van der Waals surface area contributed by atoms with Crippen LogP contribution in [0.2, 0.25) is 0 Å². The Kier molecular flexibility index (Phi) is 3.19. The van der Waals surface area contributed by atoms with Crippen molar-refractivity contribution in [3.63, 3.8) is 0 Å².